The summed E-state index contributed by atoms with van der Waals surface area (Å²) in [4.78, 5) is 0. The largest absolute Gasteiger partial charge is 0.313 e. The van der Waals surface area contributed by atoms with Gasteiger partial charge in [0.1, 0.15) is 0 Å². The maximum atomic E-state index is 4.25. The van der Waals surface area contributed by atoms with Gasteiger partial charge in [-0.3, -0.25) is 0 Å². The van der Waals surface area contributed by atoms with Gasteiger partial charge in [0.2, 0.25) is 0 Å². The lowest BCUT2D eigenvalue weighted by Gasteiger charge is -2.31. The normalized spacial score (nSPS) is 13.7. The number of hydrogen-bond donors (Lipinski definition) is 1. The SMILES string of the molecule is CCCNC(Cc1ccc(C)nn1)C(C)(C)C. The molecule has 0 spiro atoms. The Balaban J connectivity index is 2.68. The first kappa shape index (κ1) is 14.1. The minimum atomic E-state index is 0.238. The van der Waals surface area contributed by atoms with Gasteiger partial charge in [0.15, 0.2) is 0 Å². The number of aryl methyl sites for hydroxylation is 1. The van der Waals surface area contributed by atoms with Gasteiger partial charge < -0.3 is 5.32 Å². The number of aromatic nitrogens is 2. The van der Waals surface area contributed by atoms with Crippen LogP contribution in [0.3, 0.4) is 0 Å². The van der Waals surface area contributed by atoms with Crippen LogP contribution in [0.5, 0.6) is 0 Å². The van der Waals surface area contributed by atoms with E-state index in [1.165, 1.54) is 0 Å². The minimum absolute atomic E-state index is 0.238. The molecule has 1 atom stereocenters. The van der Waals surface area contributed by atoms with E-state index < -0.39 is 0 Å². The van der Waals surface area contributed by atoms with Crippen LogP contribution in [-0.2, 0) is 6.42 Å². The molecule has 0 aliphatic rings. The topological polar surface area (TPSA) is 37.8 Å². The molecule has 17 heavy (non-hydrogen) atoms. The van der Waals surface area contributed by atoms with Crippen molar-refractivity contribution in [2.24, 2.45) is 5.41 Å². The molecule has 0 amide bonds. The lowest BCUT2D eigenvalue weighted by atomic mass is 9.84. The van der Waals surface area contributed by atoms with Crippen molar-refractivity contribution < 1.29 is 0 Å². The van der Waals surface area contributed by atoms with E-state index in [4.69, 9.17) is 0 Å². The van der Waals surface area contributed by atoms with Gasteiger partial charge in [-0.1, -0.05) is 27.7 Å². The van der Waals surface area contributed by atoms with Crippen molar-refractivity contribution in [2.45, 2.75) is 53.5 Å². The Bertz CT molecular complexity index is 324. The van der Waals surface area contributed by atoms with E-state index in [0.29, 0.717) is 6.04 Å². The Morgan fingerprint density at radius 2 is 1.94 bits per heavy atom. The van der Waals surface area contributed by atoms with Gasteiger partial charge in [-0.2, -0.15) is 10.2 Å². The Hall–Kier alpha value is -0.960. The van der Waals surface area contributed by atoms with Crippen molar-refractivity contribution in [3.05, 3.63) is 23.5 Å². The summed E-state index contributed by atoms with van der Waals surface area (Å²) in [6, 6.07) is 4.55. The van der Waals surface area contributed by atoms with Crippen LogP contribution in [0.25, 0.3) is 0 Å². The number of nitrogens with one attached hydrogen (secondary N) is 1. The molecule has 1 heterocycles. The van der Waals surface area contributed by atoms with Crippen LogP contribution in [0.4, 0.5) is 0 Å². The summed E-state index contributed by atoms with van der Waals surface area (Å²) in [6.45, 7) is 12.0. The first-order valence-electron chi connectivity index (χ1n) is 6.46. The Morgan fingerprint density at radius 3 is 2.41 bits per heavy atom. The fraction of sp³-hybridized carbons (Fsp3) is 0.714. The molecule has 96 valence electrons. The fourth-order valence-electron chi connectivity index (χ4n) is 1.75. The van der Waals surface area contributed by atoms with Crippen LogP contribution in [0.15, 0.2) is 12.1 Å². The average molecular weight is 235 g/mol. The molecule has 0 radical (unpaired) electrons. The molecule has 0 saturated heterocycles. The Labute approximate surface area is 105 Å². The van der Waals surface area contributed by atoms with Gasteiger partial charge in [-0.05, 0) is 37.4 Å². The van der Waals surface area contributed by atoms with Crippen LogP contribution in [0, 0.1) is 12.3 Å². The molecule has 3 nitrogen and oxygen atoms in total. The summed E-state index contributed by atoms with van der Waals surface area (Å²) in [6.07, 6.45) is 2.10. The van der Waals surface area contributed by atoms with Gasteiger partial charge in [0.25, 0.3) is 0 Å². The van der Waals surface area contributed by atoms with Crippen molar-refractivity contribution in [3.8, 4) is 0 Å². The predicted octanol–water partition coefficient (Wildman–Crippen LogP) is 2.74. The van der Waals surface area contributed by atoms with Crippen LogP contribution >= 0.6 is 0 Å². The summed E-state index contributed by atoms with van der Waals surface area (Å²) >= 11 is 0. The van der Waals surface area contributed by atoms with Crippen molar-refractivity contribution in [3.63, 3.8) is 0 Å². The second kappa shape index (κ2) is 6.10. The molecule has 0 aliphatic carbocycles. The van der Waals surface area contributed by atoms with Gasteiger partial charge in [-0.25, -0.2) is 0 Å². The highest BCUT2D eigenvalue weighted by Gasteiger charge is 2.24. The summed E-state index contributed by atoms with van der Waals surface area (Å²) in [5, 5.41) is 12.0. The Kier molecular flexibility index (Phi) is 5.06. The first-order valence-corrected chi connectivity index (χ1v) is 6.46. The van der Waals surface area contributed by atoms with Crippen LogP contribution < -0.4 is 5.32 Å². The van der Waals surface area contributed by atoms with Crippen LogP contribution in [0.1, 0.15) is 45.5 Å². The van der Waals surface area contributed by atoms with Crippen molar-refractivity contribution >= 4 is 0 Å². The third kappa shape index (κ3) is 4.82. The predicted molar refractivity (Wildman–Crippen MR) is 72.0 cm³/mol. The maximum Gasteiger partial charge on any atom is 0.0647 e. The number of rotatable bonds is 5. The second-order valence-corrected chi connectivity index (χ2v) is 5.74. The lowest BCUT2D eigenvalue weighted by molar-refractivity contribution is 0.265. The van der Waals surface area contributed by atoms with Crippen molar-refractivity contribution in [1.82, 2.24) is 15.5 Å². The van der Waals surface area contributed by atoms with Crippen molar-refractivity contribution in [1.29, 1.82) is 0 Å². The molecule has 3 heteroatoms. The molecule has 0 fully saturated rings. The first-order chi connectivity index (χ1) is 7.93. The number of hydrogen-bond acceptors (Lipinski definition) is 3. The van der Waals surface area contributed by atoms with E-state index in [1.54, 1.807) is 0 Å². The molecule has 0 saturated carbocycles. The molecular formula is C14H25N3. The molecule has 0 aliphatic heterocycles. The standard InChI is InChI=1S/C14H25N3/c1-6-9-15-13(14(3,4)5)10-12-8-7-11(2)16-17-12/h7-8,13,15H,6,9-10H2,1-5H3. The highest BCUT2D eigenvalue weighted by molar-refractivity contribution is 5.07. The molecule has 1 N–H and O–H groups in total. The molecule has 1 unspecified atom stereocenters. The highest BCUT2D eigenvalue weighted by atomic mass is 15.1. The van der Waals surface area contributed by atoms with E-state index in [9.17, 15) is 0 Å². The van der Waals surface area contributed by atoms with Crippen LogP contribution in [-0.4, -0.2) is 22.8 Å². The minimum Gasteiger partial charge on any atom is -0.313 e. The lowest BCUT2D eigenvalue weighted by Crippen LogP contribution is -2.42. The maximum absolute atomic E-state index is 4.25. The molecule has 0 aromatic carbocycles. The van der Waals surface area contributed by atoms with Crippen LogP contribution in [0.2, 0.25) is 0 Å². The van der Waals surface area contributed by atoms with Gasteiger partial charge in [0, 0.05) is 12.5 Å². The quantitative estimate of drug-likeness (QED) is 0.852. The highest BCUT2D eigenvalue weighted by Crippen LogP contribution is 2.22. The third-order valence-corrected chi connectivity index (χ3v) is 2.95. The fourth-order valence-corrected chi connectivity index (χ4v) is 1.75. The Morgan fingerprint density at radius 1 is 1.24 bits per heavy atom. The second-order valence-electron chi connectivity index (χ2n) is 5.74. The number of nitrogens with zero attached hydrogens (tertiary/aromatic N) is 2. The van der Waals surface area contributed by atoms with E-state index in [0.717, 1.165) is 30.8 Å². The molecular weight excluding hydrogens is 210 g/mol. The van der Waals surface area contributed by atoms with E-state index >= 15 is 0 Å². The third-order valence-electron chi connectivity index (χ3n) is 2.95. The molecule has 0 bridgehead atoms. The molecule has 1 aromatic heterocycles. The summed E-state index contributed by atoms with van der Waals surface area (Å²) in [5.41, 5.74) is 2.28. The molecule has 1 aromatic rings. The summed E-state index contributed by atoms with van der Waals surface area (Å²) < 4.78 is 0. The van der Waals surface area contributed by atoms with Gasteiger partial charge in [0.05, 0.1) is 11.4 Å². The summed E-state index contributed by atoms with van der Waals surface area (Å²) in [5.74, 6) is 0. The zero-order valence-corrected chi connectivity index (χ0v) is 11.7. The van der Waals surface area contributed by atoms with E-state index in [1.807, 2.05) is 13.0 Å². The zero-order chi connectivity index (χ0) is 12.9. The zero-order valence-electron chi connectivity index (χ0n) is 11.7. The molecule has 1 rings (SSSR count). The van der Waals surface area contributed by atoms with E-state index in [2.05, 4.69) is 49.3 Å². The van der Waals surface area contributed by atoms with E-state index in [-0.39, 0.29) is 5.41 Å². The monoisotopic (exact) mass is 235 g/mol. The summed E-state index contributed by atoms with van der Waals surface area (Å²) in [7, 11) is 0. The van der Waals surface area contributed by atoms with Gasteiger partial charge in [-0.15, -0.1) is 0 Å². The smallest absolute Gasteiger partial charge is 0.0647 e. The van der Waals surface area contributed by atoms with Gasteiger partial charge >= 0.3 is 0 Å². The average Bonchev–Trinajstić information content (AvgIpc) is 2.25. The van der Waals surface area contributed by atoms with Crippen molar-refractivity contribution in [2.75, 3.05) is 6.54 Å².